The molecule has 0 radical (unpaired) electrons. The Morgan fingerprint density at radius 2 is 1.13 bits per heavy atom. The normalized spacial score (nSPS) is 23.5. The molecule has 2 saturated carbocycles. The van der Waals surface area contributed by atoms with Gasteiger partial charge in [-0.15, -0.1) is 0 Å². The van der Waals surface area contributed by atoms with Gasteiger partial charge in [0.25, 0.3) is 0 Å². The lowest BCUT2D eigenvalue weighted by Crippen LogP contribution is -2.25. The van der Waals surface area contributed by atoms with Gasteiger partial charge in [0.1, 0.15) is 0 Å². The predicted molar refractivity (Wildman–Crippen MR) is 191 cm³/mol. The molecule has 0 aliphatic heterocycles. The molecule has 1 aromatic heterocycles. The van der Waals surface area contributed by atoms with E-state index in [-0.39, 0.29) is 5.41 Å². The maximum atomic E-state index is 10.1. The molecule has 0 saturated heterocycles. The van der Waals surface area contributed by atoms with E-state index < -0.39 is 0 Å². The first-order valence-electron chi connectivity index (χ1n) is 19.5. The Kier molecular flexibility index (Phi) is 15.9. The standard InChI is InChI=1S/C42H65N3/c1-3-5-7-9-11-12-14-16-18-35-19-21-37(22-20-35)40-32-44-41(45-33-40)39-25-23-36(24-26-39)38-27-30-42(34-43,31-28-38)29-17-15-13-10-8-6-4-2/h23-26,32-33,35,37-38H,3-22,27-31H2,1-2H3/t35-,37-,38-,42-. The van der Waals surface area contributed by atoms with Crippen LogP contribution in [-0.4, -0.2) is 9.97 Å². The van der Waals surface area contributed by atoms with Gasteiger partial charge in [-0.2, -0.15) is 5.26 Å². The van der Waals surface area contributed by atoms with Gasteiger partial charge in [-0.25, -0.2) is 9.97 Å². The highest BCUT2D eigenvalue weighted by atomic mass is 14.9. The quantitative estimate of drug-likeness (QED) is 0.140. The first-order chi connectivity index (χ1) is 22.2. The van der Waals surface area contributed by atoms with Crippen molar-refractivity contribution < 1.29 is 0 Å². The molecule has 0 bridgehead atoms. The summed E-state index contributed by atoms with van der Waals surface area (Å²) in [7, 11) is 0. The summed E-state index contributed by atoms with van der Waals surface area (Å²) in [4.78, 5) is 9.64. The third-order valence-electron chi connectivity index (χ3n) is 11.5. The summed E-state index contributed by atoms with van der Waals surface area (Å²) in [6.07, 6.45) is 37.1. The lowest BCUT2D eigenvalue weighted by molar-refractivity contribution is 0.223. The van der Waals surface area contributed by atoms with Crippen molar-refractivity contribution in [2.24, 2.45) is 11.3 Å². The van der Waals surface area contributed by atoms with Gasteiger partial charge in [0.2, 0.25) is 0 Å². The smallest absolute Gasteiger partial charge is 0.159 e. The van der Waals surface area contributed by atoms with Crippen LogP contribution >= 0.6 is 0 Å². The largest absolute Gasteiger partial charge is 0.236 e. The predicted octanol–water partition coefficient (Wildman–Crippen LogP) is 13.3. The van der Waals surface area contributed by atoms with Crippen LogP contribution in [0.3, 0.4) is 0 Å². The Bertz CT molecular complexity index is 1080. The average Bonchev–Trinajstić information content (AvgIpc) is 3.10. The van der Waals surface area contributed by atoms with E-state index in [0.717, 1.165) is 49.4 Å². The summed E-state index contributed by atoms with van der Waals surface area (Å²) in [5, 5.41) is 10.1. The van der Waals surface area contributed by atoms with E-state index in [1.165, 1.54) is 140 Å². The van der Waals surface area contributed by atoms with Crippen LogP contribution in [0.15, 0.2) is 36.7 Å². The van der Waals surface area contributed by atoms with Crippen LogP contribution < -0.4 is 0 Å². The number of unbranched alkanes of at least 4 members (excludes halogenated alkanes) is 13. The van der Waals surface area contributed by atoms with Gasteiger partial charge in [0, 0.05) is 18.0 Å². The molecular weight excluding hydrogens is 546 g/mol. The van der Waals surface area contributed by atoms with Crippen molar-refractivity contribution >= 4 is 0 Å². The molecule has 0 amide bonds. The number of benzene rings is 1. The molecule has 3 heteroatoms. The zero-order valence-electron chi connectivity index (χ0n) is 29.2. The highest BCUT2D eigenvalue weighted by Crippen LogP contribution is 2.46. The van der Waals surface area contributed by atoms with E-state index in [9.17, 15) is 5.26 Å². The summed E-state index contributed by atoms with van der Waals surface area (Å²) in [5.41, 5.74) is 3.78. The van der Waals surface area contributed by atoms with Gasteiger partial charge in [0.05, 0.1) is 11.5 Å². The van der Waals surface area contributed by atoms with Gasteiger partial charge >= 0.3 is 0 Å². The molecule has 45 heavy (non-hydrogen) atoms. The maximum Gasteiger partial charge on any atom is 0.159 e. The fourth-order valence-electron chi connectivity index (χ4n) is 8.30. The highest BCUT2D eigenvalue weighted by molar-refractivity contribution is 5.55. The van der Waals surface area contributed by atoms with Crippen molar-refractivity contribution in [3.63, 3.8) is 0 Å². The second-order valence-corrected chi connectivity index (χ2v) is 15.0. The molecule has 2 aromatic rings. The monoisotopic (exact) mass is 612 g/mol. The zero-order valence-corrected chi connectivity index (χ0v) is 29.2. The fraction of sp³-hybridized carbons (Fsp3) is 0.738. The van der Waals surface area contributed by atoms with Gasteiger partial charge in [0.15, 0.2) is 5.82 Å². The molecule has 0 atom stereocenters. The minimum Gasteiger partial charge on any atom is -0.236 e. The molecule has 0 N–H and O–H groups in total. The molecule has 1 aromatic carbocycles. The van der Waals surface area contributed by atoms with Crippen LogP contribution in [0, 0.1) is 22.7 Å². The molecule has 0 unspecified atom stereocenters. The van der Waals surface area contributed by atoms with Crippen LogP contribution in [0.5, 0.6) is 0 Å². The van der Waals surface area contributed by atoms with E-state index in [2.05, 4.69) is 56.6 Å². The van der Waals surface area contributed by atoms with Crippen molar-refractivity contribution in [3.05, 3.63) is 47.8 Å². The SMILES string of the molecule is CCCCCCCCCC[C@H]1CC[C@H](c2cnc(-c3ccc([C@H]4CC[C@@](C#N)(CCCCCCCCC)CC4)cc3)nc2)CC1. The highest BCUT2D eigenvalue weighted by Gasteiger charge is 2.35. The van der Waals surface area contributed by atoms with Crippen LogP contribution in [0.1, 0.15) is 197 Å². The van der Waals surface area contributed by atoms with Crippen LogP contribution in [0.2, 0.25) is 0 Å². The zero-order chi connectivity index (χ0) is 31.6. The lowest BCUT2D eigenvalue weighted by Gasteiger charge is -2.35. The number of hydrogen-bond acceptors (Lipinski definition) is 3. The molecule has 248 valence electrons. The summed E-state index contributed by atoms with van der Waals surface area (Å²) in [6, 6.07) is 11.8. The molecular formula is C42H65N3. The van der Waals surface area contributed by atoms with Gasteiger partial charge in [-0.05, 0) is 86.7 Å². The van der Waals surface area contributed by atoms with Crippen molar-refractivity contribution in [3.8, 4) is 17.5 Å². The number of hydrogen-bond donors (Lipinski definition) is 0. The first-order valence-corrected chi connectivity index (χ1v) is 19.5. The molecule has 0 spiro atoms. The minimum absolute atomic E-state index is 0.0814. The topological polar surface area (TPSA) is 49.6 Å². The van der Waals surface area contributed by atoms with Crippen LogP contribution in [-0.2, 0) is 0 Å². The molecule has 2 aliphatic carbocycles. The third-order valence-corrected chi connectivity index (χ3v) is 11.5. The second kappa shape index (κ2) is 20.1. The molecule has 4 rings (SSSR count). The first kappa shape index (κ1) is 35.6. The third kappa shape index (κ3) is 11.8. The van der Waals surface area contributed by atoms with Crippen LogP contribution in [0.25, 0.3) is 11.4 Å². The summed E-state index contributed by atoms with van der Waals surface area (Å²) in [5.74, 6) is 2.98. The molecule has 2 aliphatic rings. The maximum absolute atomic E-state index is 10.1. The van der Waals surface area contributed by atoms with Gasteiger partial charge in [-0.3, -0.25) is 0 Å². The summed E-state index contributed by atoms with van der Waals surface area (Å²) >= 11 is 0. The lowest BCUT2D eigenvalue weighted by atomic mass is 9.67. The second-order valence-electron chi connectivity index (χ2n) is 15.0. The van der Waals surface area contributed by atoms with Crippen molar-refractivity contribution in [2.75, 3.05) is 0 Å². The van der Waals surface area contributed by atoms with E-state index in [1.807, 2.05) is 0 Å². The summed E-state index contributed by atoms with van der Waals surface area (Å²) < 4.78 is 0. The molecule has 3 nitrogen and oxygen atoms in total. The van der Waals surface area contributed by atoms with Crippen molar-refractivity contribution in [1.29, 1.82) is 5.26 Å². The Morgan fingerprint density at radius 1 is 0.622 bits per heavy atom. The Balaban J connectivity index is 1.15. The van der Waals surface area contributed by atoms with Crippen LogP contribution in [0.4, 0.5) is 0 Å². The number of aromatic nitrogens is 2. The average molecular weight is 612 g/mol. The number of nitrogens with zero attached hydrogens (tertiary/aromatic N) is 3. The Morgan fingerprint density at radius 3 is 1.69 bits per heavy atom. The van der Waals surface area contributed by atoms with E-state index in [1.54, 1.807) is 0 Å². The Hall–Kier alpha value is -2.21. The number of rotatable bonds is 20. The Labute approximate surface area is 277 Å². The van der Waals surface area contributed by atoms with Gasteiger partial charge in [-0.1, -0.05) is 141 Å². The van der Waals surface area contributed by atoms with E-state index >= 15 is 0 Å². The fourth-order valence-corrected chi connectivity index (χ4v) is 8.30. The van der Waals surface area contributed by atoms with Crippen molar-refractivity contribution in [2.45, 2.75) is 186 Å². The van der Waals surface area contributed by atoms with Crippen molar-refractivity contribution in [1.82, 2.24) is 9.97 Å². The minimum atomic E-state index is -0.0814. The summed E-state index contributed by atoms with van der Waals surface area (Å²) in [6.45, 7) is 4.57. The van der Waals surface area contributed by atoms with E-state index in [0.29, 0.717) is 11.8 Å². The molecule has 2 fully saturated rings. The van der Waals surface area contributed by atoms with Gasteiger partial charge < -0.3 is 0 Å². The van der Waals surface area contributed by atoms with E-state index in [4.69, 9.17) is 9.97 Å². The molecule has 1 heterocycles. The number of nitriles is 1.